The molecule has 1 N–H and O–H groups in total. The molecule has 5 heteroatoms. The Kier molecular flexibility index (Phi) is 4.62. The summed E-state index contributed by atoms with van der Waals surface area (Å²) in [4.78, 5) is 18.8. The molecule has 5 nitrogen and oxygen atoms in total. The number of hydrogen-bond acceptors (Lipinski definition) is 4. The monoisotopic (exact) mass is 304 g/mol. The lowest BCUT2D eigenvalue weighted by Crippen LogP contribution is -2.37. The molecule has 1 saturated heterocycles. The second-order valence-corrected chi connectivity index (χ2v) is 6.43. The van der Waals surface area contributed by atoms with E-state index in [2.05, 4.69) is 4.98 Å². The van der Waals surface area contributed by atoms with Crippen molar-refractivity contribution in [1.82, 2.24) is 9.88 Å². The SMILES string of the molecule is CC(O)CC1CCCN1C(=O)c1ccnc(OC2CCC2)c1. The molecule has 1 aliphatic carbocycles. The lowest BCUT2D eigenvalue weighted by atomic mass is 9.96. The quantitative estimate of drug-likeness (QED) is 0.907. The first-order chi connectivity index (χ1) is 10.6. The summed E-state index contributed by atoms with van der Waals surface area (Å²) >= 11 is 0. The maximum Gasteiger partial charge on any atom is 0.254 e. The zero-order valence-electron chi connectivity index (χ0n) is 13.1. The molecule has 0 aromatic carbocycles. The molecule has 1 amide bonds. The molecule has 2 heterocycles. The van der Waals surface area contributed by atoms with Crippen molar-refractivity contribution in [3.8, 4) is 5.88 Å². The summed E-state index contributed by atoms with van der Waals surface area (Å²) in [6.07, 6.45) is 7.47. The van der Waals surface area contributed by atoms with Crippen molar-refractivity contribution in [2.75, 3.05) is 6.54 Å². The predicted octanol–water partition coefficient (Wildman–Crippen LogP) is 2.39. The summed E-state index contributed by atoms with van der Waals surface area (Å²) in [6, 6.07) is 3.63. The fourth-order valence-corrected chi connectivity index (χ4v) is 3.17. The first kappa shape index (κ1) is 15.3. The Hall–Kier alpha value is -1.62. The molecule has 3 rings (SSSR count). The molecule has 1 aliphatic heterocycles. The molecular formula is C17H24N2O3. The molecule has 1 saturated carbocycles. The summed E-state index contributed by atoms with van der Waals surface area (Å²) in [7, 11) is 0. The van der Waals surface area contributed by atoms with Crippen LogP contribution in [0.3, 0.4) is 0 Å². The number of likely N-dealkylation sites (tertiary alicyclic amines) is 1. The van der Waals surface area contributed by atoms with Gasteiger partial charge in [-0.25, -0.2) is 4.98 Å². The Morgan fingerprint density at radius 3 is 2.95 bits per heavy atom. The van der Waals surface area contributed by atoms with Crippen LogP contribution in [-0.4, -0.2) is 45.7 Å². The van der Waals surface area contributed by atoms with Crippen molar-refractivity contribution in [1.29, 1.82) is 0 Å². The number of carbonyl (C=O) groups is 1. The lowest BCUT2D eigenvalue weighted by Gasteiger charge is -2.27. The smallest absolute Gasteiger partial charge is 0.254 e. The van der Waals surface area contributed by atoms with Crippen LogP contribution in [-0.2, 0) is 0 Å². The van der Waals surface area contributed by atoms with E-state index >= 15 is 0 Å². The van der Waals surface area contributed by atoms with Crippen LogP contribution in [0.5, 0.6) is 5.88 Å². The molecule has 2 fully saturated rings. The molecule has 2 unspecified atom stereocenters. The zero-order valence-corrected chi connectivity index (χ0v) is 13.1. The van der Waals surface area contributed by atoms with Crippen LogP contribution in [0.4, 0.5) is 0 Å². The molecule has 120 valence electrons. The molecule has 2 aliphatic rings. The molecular weight excluding hydrogens is 280 g/mol. The highest BCUT2D eigenvalue weighted by molar-refractivity contribution is 5.94. The van der Waals surface area contributed by atoms with Crippen molar-refractivity contribution >= 4 is 5.91 Å². The van der Waals surface area contributed by atoms with Crippen molar-refractivity contribution in [3.05, 3.63) is 23.9 Å². The molecule has 2 atom stereocenters. The third kappa shape index (κ3) is 3.40. The van der Waals surface area contributed by atoms with Gasteiger partial charge in [0.05, 0.1) is 6.10 Å². The Morgan fingerprint density at radius 1 is 1.45 bits per heavy atom. The van der Waals surface area contributed by atoms with E-state index in [1.165, 1.54) is 6.42 Å². The van der Waals surface area contributed by atoms with Crippen molar-refractivity contribution in [2.45, 2.75) is 63.7 Å². The van der Waals surface area contributed by atoms with Crippen LogP contribution in [0.1, 0.15) is 55.8 Å². The van der Waals surface area contributed by atoms with Gasteiger partial charge in [-0.15, -0.1) is 0 Å². The third-order valence-electron chi connectivity index (χ3n) is 4.57. The van der Waals surface area contributed by atoms with Gasteiger partial charge in [-0.1, -0.05) is 0 Å². The summed E-state index contributed by atoms with van der Waals surface area (Å²) in [6.45, 7) is 2.54. The van der Waals surface area contributed by atoms with E-state index in [-0.39, 0.29) is 24.2 Å². The summed E-state index contributed by atoms with van der Waals surface area (Å²) < 4.78 is 5.77. The number of amides is 1. The van der Waals surface area contributed by atoms with E-state index in [1.54, 1.807) is 25.3 Å². The maximum absolute atomic E-state index is 12.7. The first-order valence-corrected chi connectivity index (χ1v) is 8.25. The van der Waals surface area contributed by atoms with Gasteiger partial charge in [-0.2, -0.15) is 0 Å². The highest BCUT2D eigenvalue weighted by Crippen LogP contribution is 2.26. The van der Waals surface area contributed by atoms with Crippen molar-refractivity contribution in [2.24, 2.45) is 0 Å². The lowest BCUT2D eigenvalue weighted by molar-refractivity contribution is 0.0679. The normalized spacial score (nSPS) is 23.2. The number of hydrogen-bond donors (Lipinski definition) is 1. The second kappa shape index (κ2) is 6.65. The minimum atomic E-state index is -0.381. The predicted molar refractivity (Wildman–Crippen MR) is 82.9 cm³/mol. The van der Waals surface area contributed by atoms with Gasteiger partial charge in [0.2, 0.25) is 5.88 Å². The van der Waals surface area contributed by atoms with Crippen LogP contribution in [0.15, 0.2) is 18.3 Å². The fraction of sp³-hybridized carbons (Fsp3) is 0.647. The molecule has 22 heavy (non-hydrogen) atoms. The number of aliphatic hydroxyl groups excluding tert-OH is 1. The van der Waals surface area contributed by atoms with Crippen molar-refractivity contribution < 1.29 is 14.6 Å². The summed E-state index contributed by atoms with van der Waals surface area (Å²) in [5, 5.41) is 9.59. The van der Waals surface area contributed by atoms with E-state index in [1.807, 2.05) is 4.90 Å². The van der Waals surface area contributed by atoms with E-state index in [0.717, 1.165) is 32.2 Å². The van der Waals surface area contributed by atoms with Gasteiger partial charge in [0, 0.05) is 30.4 Å². The van der Waals surface area contributed by atoms with Crippen LogP contribution in [0, 0.1) is 0 Å². The van der Waals surface area contributed by atoms with E-state index in [4.69, 9.17) is 4.74 Å². The summed E-state index contributed by atoms with van der Waals surface area (Å²) in [5.74, 6) is 0.561. The van der Waals surface area contributed by atoms with Gasteiger partial charge in [-0.3, -0.25) is 4.79 Å². The Bertz CT molecular complexity index is 528. The molecule has 0 radical (unpaired) electrons. The van der Waals surface area contributed by atoms with Gasteiger partial charge in [-0.05, 0) is 51.5 Å². The first-order valence-electron chi connectivity index (χ1n) is 8.25. The number of carbonyl (C=O) groups excluding carboxylic acids is 1. The van der Waals surface area contributed by atoms with Gasteiger partial charge < -0.3 is 14.7 Å². The number of ether oxygens (including phenoxy) is 1. The van der Waals surface area contributed by atoms with E-state index < -0.39 is 0 Å². The highest BCUT2D eigenvalue weighted by Gasteiger charge is 2.30. The molecule has 0 bridgehead atoms. The highest BCUT2D eigenvalue weighted by atomic mass is 16.5. The minimum Gasteiger partial charge on any atom is -0.474 e. The van der Waals surface area contributed by atoms with Gasteiger partial charge in [0.1, 0.15) is 6.10 Å². The van der Waals surface area contributed by atoms with Crippen molar-refractivity contribution in [3.63, 3.8) is 0 Å². The number of pyridine rings is 1. The maximum atomic E-state index is 12.7. The third-order valence-corrected chi connectivity index (χ3v) is 4.57. The van der Waals surface area contributed by atoms with E-state index in [0.29, 0.717) is 17.9 Å². The van der Waals surface area contributed by atoms with Crippen LogP contribution in [0.25, 0.3) is 0 Å². The van der Waals surface area contributed by atoms with Gasteiger partial charge >= 0.3 is 0 Å². The van der Waals surface area contributed by atoms with Crippen LogP contribution < -0.4 is 4.74 Å². The number of rotatable bonds is 5. The van der Waals surface area contributed by atoms with Gasteiger partial charge in [0.25, 0.3) is 5.91 Å². The average Bonchev–Trinajstić information content (AvgIpc) is 2.90. The van der Waals surface area contributed by atoms with Crippen LogP contribution >= 0.6 is 0 Å². The van der Waals surface area contributed by atoms with Gasteiger partial charge in [0.15, 0.2) is 0 Å². The van der Waals surface area contributed by atoms with Crippen LogP contribution in [0.2, 0.25) is 0 Å². The zero-order chi connectivity index (χ0) is 15.5. The Labute approximate surface area is 131 Å². The molecule has 1 aromatic heterocycles. The summed E-state index contributed by atoms with van der Waals surface area (Å²) in [5.41, 5.74) is 0.627. The topological polar surface area (TPSA) is 62.7 Å². The molecule has 0 spiro atoms. The Balaban J connectivity index is 1.69. The average molecular weight is 304 g/mol. The number of nitrogens with zero attached hydrogens (tertiary/aromatic N) is 2. The number of aliphatic hydroxyl groups is 1. The van der Waals surface area contributed by atoms with E-state index in [9.17, 15) is 9.90 Å². The Morgan fingerprint density at radius 2 is 2.27 bits per heavy atom. The number of aromatic nitrogens is 1. The second-order valence-electron chi connectivity index (χ2n) is 6.43. The largest absolute Gasteiger partial charge is 0.474 e. The fourth-order valence-electron chi connectivity index (χ4n) is 3.17. The molecule has 1 aromatic rings. The minimum absolute atomic E-state index is 0.0176. The standard InChI is InChI=1S/C17H24N2O3/c1-12(20)10-14-4-3-9-19(14)17(21)13-7-8-18-16(11-13)22-15-5-2-6-15/h7-8,11-12,14-15,20H,2-6,9-10H2,1H3.